The summed E-state index contributed by atoms with van der Waals surface area (Å²) >= 11 is 0. The number of hydrogen-bond donors (Lipinski definition) is 0. The fourth-order valence-corrected chi connectivity index (χ4v) is 16.0. The van der Waals surface area contributed by atoms with Gasteiger partial charge < -0.3 is 19.3 Å². The van der Waals surface area contributed by atoms with Gasteiger partial charge in [0.25, 0.3) is 6.71 Å². The molecule has 19 rings (SSSR count). The van der Waals surface area contributed by atoms with Gasteiger partial charge in [0.05, 0.1) is 33.5 Å². The van der Waals surface area contributed by atoms with Crippen LogP contribution in [0.5, 0.6) is 0 Å². The third kappa shape index (κ3) is 7.26. The minimum absolute atomic E-state index is 0.212. The summed E-state index contributed by atoms with van der Waals surface area (Å²) in [5, 5.41) is 2.45. The Kier molecular flexibility index (Phi) is 11.0. The van der Waals surface area contributed by atoms with Gasteiger partial charge in [-0.1, -0.05) is 249 Å². The highest BCUT2D eigenvalue weighted by Crippen LogP contribution is 2.64. The van der Waals surface area contributed by atoms with E-state index in [0.717, 1.165) is 45.5 Å². The summed E-state index contributed by atoms with van der Waals surface area (Å²) in [6.07, 6.45) is 0. The third-order valence-electron chi connectivity index (χ3n) is 19.7. The Morgan fingerprint density at radius 2 is 0.644 bits per heavy atom. The normalized spacial score (nSPS) is 13.6. The molecule has 0 saturated heterocycles. The molecule has 0 atom stereocenters. The highest BCUT2D eigenvalue weighted by Gasteiger charge is 2.54. The van der Waals surface area contributed by atoms with Crippen LogP contribution in [0.25, 0.3) is 72.0 Å². The first-order valence-corrected chi connectivity index (χ1v) is 31.3. The van der Waals surface area contributed by atoms with Gasteiger partial charge in [0.1, 0.15) is 0 Å². The van der Waals surface area contributed by atoms with Gasteiger partial charge in [-0.15, -0.1) is 0 Å². The molecule has 4 aliphatic rings. The lowest BCUT2D eigenvalue weighted by Crippen LogP contribution is -2.61. The van der Waals surface area contributed by atoms with E-state index in [1.54, 1.807) is 0 Å². The molecule has 14 aromatic carbocycles. The van der Waals surface area contributed by atoms with Crippen molar-refractivity contribution in [2.24, 2.45) is 0 Å². The zero-order valence-electron chi connectivity index (χ0n) is 49.1. The SMILES string of the molecule is c1ccc(-c2ccc(N3c4ccc(-c5ccccc5)cc4B4c5cc6c(cc5N(c5ccc(-c7ccccc7)cc5)c5cc(-n7c8ccccc8c8ccccc87)cc3c54)-c3ccccc3C63c4ccccc4N(c4ccccc4)c4ccccc43)cc2)cc1. The van der Waals surface area contributed by atoms with Gasteiger partial charge in [0, 0.05) is 50.6 Å². The van der Waals surface area contributed by atoms with E-state index in [-0.39, 0.29) is 6.71 Å². The summed E-state index contributed by atoms with van der Waals surface area (Å²) in [4.78, 5) is 7.67. The summed E-state index contributed by atoms with van der Waals surface area (Å²) in [7, 11) is 0. The number of fused-ring (bicyclic) bond motifs is 16. The van der Waals surface area contributed by atoms with E-state index in [1.807, 2.05) is 0 Å². The lowest BCUT2D eigenvalue weighted by molar-refractivity contribution is 0.753. The number of para-hydroxylation sites is 5. The quantitative estimate of drug-likeness (QED) is 0.148. The molecular weight excluding hydrogens is 1090 g/mol. The van der Waals surface area contributed by atoms with Gasteiger partial charge in [-0.25, -0.2) is 0 Å². The number of hydrogen-bond acceptors (Lipinski definition) is 3. The molecule has 0 saturated carbocycles. The lowest BCUT2D eigenvalue weighted by atomic mass is 9.33. The molecule has 0 radical (unpaired) electrons. The van der Waals surface area contributed by atoms with Gasteiger partial charge in [0.15, 0.2) is 0 Å². The molecule has 0 amide bonds. The molecule has 0 unspecified atom stereocenters. The van der Waals surface area contributed by atoms with E-state index in [1.165, 1.54) is 116 Å². The summed E-state index contributed by atoms with van der Waals surface area (Å²) in [6, 6.07) is 125. The van der Waals surface area contributed by atoms with E-state index >= 15 is 0 Å². The van der Waals surface area contributed by atoms with Crippen molar-refractivity contribution in [1.82, 2.24) is 4.57 Å². The second-order valence-corrected chi connectivity index (χ2v) is 24.3. The van der Waals surface area contributed by atoms with Crippen molar-refractivity contribution < 1.29 is 0 Å². The number of rotatable bonds is 7. The third-order valence-corrected chi connectivity index (χ3v) is 19.7. The maximum Gasteiger partial charge on any atom is 0.252 e. The lowest BCUT2D eigenvalue weighted by Gasteiger charge is -2.46. The first-order chi connectivity index (χ1) is 44.7. The summed E-state index contributed by atoms with van der Waals surface area (Å²) < 4.78 is 2.51. The number of anilines is 9. The number of aromatic nitrogens is 1. The van der Waals surface area contributed by atoms with Crippen LogP contribution in [0.1, 0.15) is 22.3 Å². The molecule has 5 heteroatoms. The largest absolute Gasteiger partial charge is 0.311 e. The second-order valence-electron chi connectivity index (χ2n) is 24.3. The Morgan fingerprint density at radius 1 is 0.233 bits per heavy atom. The first-order valence-electron chi connectivity index (χ1n) is 31.3. The van der Waals surface area contributed by atoms with Crippen LogP contribution in [0.3, 0.4) is 0 Å². The van der Waals surface area contributed by atoms with E-state index in [4.69, 9.17) is 0 Å². The maximum atomic E-state index is 2.67. The Balaban J connectivity index is 0.950. The summed E-state index contributed by atoms with van der Waals surface area (Å²) in [5.41, 5.74) is 31.5. The van der Waals surface area contributed by atoms with Crippen LogP contribution in [0.4, 0.5) is 51.2 Å². The molecule has 1 spiro atoms. The van der Waals surface area contributed by atoms with E-state index in [0.29, 0.717) is 0 Å². The Morgan fingerprint density at radius 3 is 1.21 bits per heavy atom. The van der Waals surface area contributed by atoms with Gasteiger partial charge >= 0.3 is 0 Å². The van der Waals surface area contributed by atoms with Crippen LogP contribution in [-0.2, 0) is 5.41 Å². The molecule has 0 fully saturated rings. The second kappa shape index (κ2) is 19.7. The molecule has 418 valence electrons. The zero-order chi connectivity index (χ0) is 59.0. The van der Waals surface area contributed by atoms with Gasteiger partial charge in [0.2, 0.25) is 0 Å². The predicted molar refractivity (Wildman–Crippen MR) is 377 cm³/mol. The van der Waals surface area contributed by atoms with Gasteiger partial charge in [-0.05, 0) is 168 Å². The van der Waals surface area contributed by atoms with Crippen molar-refractivity contribution >= 4 is 96.1 Å². The van der Waals surface area contributed by atoms with Crippen LogP contribution in [0.15, 0.2) is 334 Å². The van der Waals surface area contributed by atoms with Crippen LogP contribution in [0.2, 0.25) is 0 Å². The Hall–Kier alpha value is -11.7. The highest BCUT2D eigenvalue weighted by atomic mass is 15.2. The van der Waals surface area contributed by atoms with Crippen molar-refractivity contribution in [3.63, 3.8) is 0 Å². The summed E-state index contributed by atoms with van der Waals surface area (Å²) in [5.74, 6) is 0. The van der Waals surface area contributed by atoms with E-state index < -0.39 is 5.41 Å². The van der Waals surface area contributed by atoms with Crippen LogP contribution < -0.4 is 31.1 Å². The number of nitrogens with zero attached hydrogens (tertiary/aromatic N) is 4. The molecule has 90 heavy (non-hydrogen) atoms. The van der Waals surface area contributed by atoms with Crippen molar-refractivity contribution in [3.05, 3.63) is 356 Å². The van der Waals surface area contributed by atoms with Crippen LogP contribution in [-0.4, -0.2) is 11.3 Å². The van der Waals surface area contributed by atoms with Crippen molar-refractivity contribution in [3.8, 4) is 50.2 Å². The number of benzene rings is 14. The molecule has 15 aromatic rings. The highest BCUT2D eigenvalue weighted by molar-refractivity contribution is 7.00. The molecule has 3 aliphatic heterocycles. The Labute approximate surface area is 523 Å². The molecule has 1 aliphatic carbocycles. The van der Waals surface area contributed by atoms with Gasteiger partial charge in [-0.2, -0.15) is 0 Å². The molecule has 1 aromatic heterocycles. The molecule has 4 heterocycles. The van der Waals surface area contributed by atoms with Gasteiger partial charge in [-0.3, -0.25) is 0 Å². The van der Waals surface area contributed by atoms with Crippen LogP contribution >= 0.6 is 0 Å². The first kappa shape index (κ1) is 50.5. The minimum Gasteiger partial charge on any atom is -0.311 e. The predicted octanol–water partition coefficient (Wildman–Crippen LogP) is 20.0. The fraction of sp³-hybridized carbons (Fsp3) is 0.0118. The topological polar surface area (TPSA) is 14.7 Å². The van der Waals surface area contributed by atoms with Crippen molar-refractivity contribution in [1.29, 1.82) is 0 Å². The van der Waals surface area contributed by atoms with E-state index in [9.17, 15) is 0 Å². The standard InChI is InChI=1S/C85H55BN4/c1-5-23-56(24-6-1)59-41-46-63(47-42-59)88-80-50-45-61(58-27-9-3-10-28-58)51-74(80)86-75-55-73-69(66-31-13-16-34-70(66)85(73)71-35-17-21-39-78(71)87(62-29-11-4-12-30-62)79-40-22-18-36-72(79)85)54-81(75)89(64-48-43-60(44-49-64)57-25-7-2-8-26-57)83-53-65(52-82(88)84(83)86)90-76-37-19-14-32-67(76)68-33-15-20-38-77(68)90/h1-55H. The zero-order valence-corrected chi connectivity index (χ0v) is 49.1. The monoisotopic (exact) mass is 1140 g/mol. The van der Waals surface area contributed by atoms with Crippen molar-refractivity contribution in [2.75, 3.05) is 14.7 Å². The molecule has 0 bridgehead atoms. The minimum atomic E-state index is -0.680. The van der Waals surface area contributed by atoms with Crippen molar-refractivity contribution in [2.45, 2.75) is 5.41 Å². The van der Waals surface area contributed by atoms with E-state index in [2.05, 4.69) is 353 Å². The summed E-state index contributed by atoms with van der Waals surface area (Å²) in [6.45, 7) is -0.212. The Bertz CT molecular complexity index is 5270. The average Bonchev–Trinajstić information content (AvgIpc) is 1.42. The smallest absolute Gasteiger partial charge is 0.252 e. The molecule has 0 N–H and O–H groups in total. The fourth-order valence-electron chi connectivity index (χ4n) is 16.0. The molecular formula is C85H55BN4. The maximum absolute atomic E-state index is 2.67. The molecule has 4 nitrogen and oxygen atoms in total. The van der Waals surface area contributed by atoms with Crippen LogP contribution in [0, 0.1) is 0 Å². The average molecular weight is 1140 g/mol.